The standard InChI is InChI=1S/C12H16N2OP/c1-12(16-15,10-6-4-8-13(10)2)11-7-5-9-14(11)3/h4-9,16H,1-3H3/q-1. The van der Waals surface area contributed by atoms with Crippen LogP contribution < -0.4 is 4.89 Å². The van der Waals surface area contributed by atoms with E-state index in [-0.39, 0.29) is 0 Å². The Kier molecular flexibility index (Phi) is 2.92. The van der Waals surface area contributed by atoms with Gasteiger partial charge in [0.2, 0.25) is 0 Å². The van der Waals surface area contributed by atoms with Crippen molar-refractivity contribution in [2.75, 3.05) is 0 Å². The number of aromatic nitrogens is 2. The van der Waals surface area contributed by atoms with Crippen LogP contribution in [0.15, 0.2) is 36.7 Å². The normalized spacial score (nSPS) is 12.8. The SMILES string of the molecule is Cn1cccc1C(C)(P[O-])c1cccn1C. The third kappa shape index (κ3) is 1.60. The first-order chi connectivity index (χ1) is 7.59. The van der Waals surface area contributed by atoms with Crippen LogP contribution in [0.3, 0.4) is 0 Å². The van der Waals surface area contributed by atoms with Gasteiger partial charge in [-0.3, -0.25) is 0 Å². The highest BCUT2D eigenvalue weighted by Gasteiger charge is 2.28. The summed E-state index contributed by atoms with van der Waals surface area (Å²) in [5.41, 5.74) is 2.14. The van der Waals surface area contributed by atoms with Gasteiger partial charge in [-0.05, 0) is 31.2 Å². The lowest BCUT2D eigenvalue weighted by atomic mass is 10.0. The zero-order valence-electron chi connectivity index (χ0n) is 9.77. The molecule has 0 radical (unpaired) electrons. The van der Waals surface area contributed by atoms with E-state index in [2.05, 4.69) is 0 Å². The molecule has 1 unspecified atom stereocenters. The highest BCUT2D eigenvalue weighted by molar-refractivity contribution is 7.31. The molecule has 2 heterocycles. The Morgan fingerprint density at radius 2 is 1.50 bits per heavy atom. The van der Waals surface area contributed by atoms with Crippen LogP contribution in [0, 0.1) is 0 Å². The lowest BCUT2D eigenvalue weighted by Crippen LogP contribution is -2.26. The van der Waals surface area contributed by atoms with Crippen molar-refractivity contribution in [1.82, 2.24) is 9.13 Å². The molecule has 2 rings (SSSR count). The Labute approximate surface area is 97.6 Å². The Morgan fingerprint density at radius 1 is 1.06 bits per heavy atom. The molecular formula is C12H16N2OP-. The van der Waals surface area contributed by atoms with Crippen molar-refractivity contribution in [2.45, 2.75) is 12.1 Å². The molecule has 0 aliphatic rings. The lowest BCUT2D eigenvalue weighted by molar-refractivity contribution is -0.154. The molecule has 0 aliphatic heterocycles. The molecule has 0 N–H and O–H groups in total. The van der Waals surface area contributed by atoms with Gasteiger partial charge in [-0.25, -0.2) is 8.81 Å². The Hall–Kier alpha value is -1.05. The predicted octanol–water partition coefficient (Wildman–Crippen LogP) is 1.58. The molecule has 2 aromatic heterocycles. The number of hydrogen-bond acceptors (Lipinski definition) is 1. The monoisotopic (exact) mass is 235 g/mol. The summed E-state index contributed by atoms with van der Waals surface area (Å²) in [6.45, 7) is 2.02. The van der Waals surface area contributed by atoms with Crippen LogP contribution in [0.5, 0.6) is 0 Å². The maximum Gasteiger partial charge on any atom is 0.0501 e. The lowest BCUT2D eigenvalue weighted by Gasteiger charge is -2.34. The molecule has 0 aromatic carbocycles. The molecule has 0 bridgehead atoms. The second-order valence-electron chi connectivity index (χ2n) is 4.24. The topological polar surface area (TPSA) is 32.9 Å². The van der Waals surface area contributed by atoms with Crippen LogP contribution in [-0.2, 0) is 19.3 Å². The molecule has 0 spiro atoms. The fraction of sp³-hybridized carbons (Fsp3) is 0.333. The zero-order chi connectivity index (χ0) is 11.8. The van der Waals surface area contributed by atoms with Crippen molar-refractivity contribution in [2.24, 2.45) is 14.1 Å². The van der Waals surface area contributed by atoms with Gasteiger partial charge in [-0.15, -0.1) is 0 Å². The van der Waals surface area contributed by atoms with E-state index in [0.717, 1.165) is 11.4 Å². The minimum absolute atomic E-state index is 0.408. The summed E-state index contributed by atoms with van der Waals surface area (Å²) in [6, 6.07) is 8.02. The molecule has 1 atom stereocenters. The van der Waals surface area contributed by atoms with E-state index < -0.39 is 14.0 Å². The second kappa shape index (κ2) is 4.08. The van der Waals surface area contributed by atoms with Gasteiger partial charge in [0, 0.05) is 37.9 Å². The van der Waals surface area contributed by atoms with Crippen molar-refractivity contribution in [1.29, 1.82) is 0 Å². The van der Waals surface area contributed by atoms with Crippen LogP contribution in [0.4, 0.5) is 0 Å². The van der Waals surface area contributed by atoms with Gasteiger partial charge >= 0.3 is 0 Å². The molecule has 0 saturated heterocycles. The molecule has 0 fully saturated rings. The quantitative estimate of drug-likeness (QED) is 0.743. The van der Waals surface area contributed by atoms with Crippen LogP contribution in [-0.4, -0.2) is 9.13 Å². The second-order valence-corrected chi connectivity index (χ2v) is 5.44. The van der Waals surface area contributed by atoms with Crippen LogP contribution in [0.25, 0.3) is 0 Å². The van der Waals surface area contributed by atoms with E-state index in [1.165, 1.54) is 0 Å². The van der Waals surface area contributed by atoms with Gasteiger partial charge in [0.1, 0.15) is 0 Å². The number of nitrogens with zero attached hydrogens (tertiary/aromatic N) is 2. The minimum atomic E-state index is -0.434. The highest BCUT2D eigenvalue weighted by atomic mass is 31.1. The maximum atomic E-state index is 11.7. The minimum Gasteiger partial charge on any atom is -0.831 e. The highest BCUT2D eigenvalue weighted by Crippen LogP contribution is 2.42. The fourth-order valence-electron chi connectivity index (χ4n) is 2.20. The first-order valence-electron chi connectivity index (χ1n) is 5.22. The Balaban J connectivity index is 2.57. The largest absolute Gasteiger partial charge is 0.831 e. The third-order valence-electron chi connectivity index (χ3n) is 3.12. The summed E-state index contributed by atoms with van der Waals surface area (Å²) in [7, 11) is 3.56. The number of hydrogen-bond donors (Lipinski definition) is 0. The van der Waals surface area contributed by atoms with Gasteiger partial charge in [0.05, 0.1) is 5.16 Å². The summed E-state index contributed by atoms with van der Waals surface area (Å²) in [6.07, 6.45) is 3.97. The molecule has 0 amide bonds. The van der Waals surface area contributed by atoms with Gasteiger partial charge in [-0.2, -0.15) is 0 Å². The zero-order valence-corrected chi connectivity index (χ0v) is 10.8. The van der Waals surface area contributed by atoms with E-state index in [0.29, 0.717) is 0 Å². The molecule has 86 valence electrons. The molecule has 16 heavy (non-hydrogen) atoms. The van der Waals surface area contributed by atoms with Gasteiger partial charge in [0.15, 0.2) is 0 Å². The van der Waals surface area contributed by atoms with Crippen molar-refractivity contribution in [3.05, 3.63) is 48.0 Å². The Morgan fingerprint density at radius 3 is 1.75 bits per heavy atom. The summed E-state index contributed by atoms with van der Waals surface area (Å²) < 4.78 is 4.05. The Bertz CT molecular complexity index is 446. The molecule has 2 aromatic rings. The van der Waals surface area contributed by atoms with Crippen molar-refractivity contribution in [3.63, 3.8) is 0 Å². The number of rotatable bonds is 3. The van der Waals surface area contributed by atoms with E-state index in [9.17, 15) is 4.89 Å². The third-order valence-corrected chi connectivity index (χ3v) is 4.04. The average Bonchev–Trinajstić information content (AvgIpc) is 2.86. The average molecular weight is 235 g/mol. The number of aryl methyl sites for hydroxylation is 2. The van der Waals surface area contributed by atoms with E-state index in [1.54, 1.807) is 0 Å². The fourth-order valence-corrected chi connectivity index (χ4v) is 2.93. The van der Waals surface area contributed by atoms with Gasteiger partial charge in [-0.1, -0.05) is 0 Å². The molecule has 0 saturated carbocycles. The predicted molar refractivity (Wildman–Crippen MR) is 65.6 cm³/mol. The van der Waals surface area contributed by atoms with E-state index >= 15 is 0 Å². The summed E-state index contributed by atoms with van der Waals surface area (Å²) >= 11 is 0. The van der Waals surface area contributed by atoms with Crippen molar-refractivity contribution >= 4 is 8.81 Å². The van der Waals surface area contributed by atoms with E-state index in [1.807, 2.05) is 66.8 Å². The van der Waals surface area contributed by atoms with Gasteiger partial charge < -0.3 is 14.0 Å². The van der Waals surface area contributed by atoms with Crippen molar-refractivity contribution < 1.29 is 4.89 Å². The van der Waals surface area contributed by atoms with Gasteiger partial charge in [0.25, 0.3) is 0 Å². The molecular weight excluding hydrogens is 219 g/mol. The van der Waals surface area contributed by atoms with Crippen LogP contribution in [0.2, 0.25) is 0 Å². The van der Waals surface area contributed by atoms with Crippen LogP contribution in [0.1, 0.15) is 18.3 Å². The first-order valence-corrected chi connectivity index (χ1v) is 6.13. The summed E-state index contributed by atoms with van der Waals surface area (Å²) in [4.78, 5) is 11.7. The molecule has 3 nitrogen and oxygen atoms in total. The molecule has 0 aliphatic carbocycles. The summed E-state index contributed by atoms with van der Waals surface area (Å²) in [5, 5.41) is -0.434. The van der Waals surface area contributed by atoms with Crippen molar-refractivity contribution in [3.8, 4) is 0 Å². The first kappa shape index (κ1) is 11.4. The van der Waals surface area contributed by atoms with E-state index in [4.69, 9.17) is 0 Å². The van der Waals surface area contributed by atoms with Crippen LogP contribution >= 0.6 is 8.81 Å². The smallest absolute Gasteiger partial charge is 0.0501 e. The summed E-state index contributed by atoms with van der Waals surface area (Å²) in [5.74, 6) is 0. The molecule has 4 heteroatoms. The maximum absolute atomic E-state index is 11.7.